The normalized spacial score (nSPS) is 14.8. The molecule has 0 aliphatic rings. The number of hydrogen-bond donors (Lipinski definition) is 0. The molecule has 0 aromatic heterocycles. The Morgan fingerprint density at radius 1 is 1.45 bits per heavy atom. The van der Waals surface area contributed by atoms with Crippen LogP contribution in [0.3, 0.4) is 0 Å². The summed E-state index contributed by atoms with van der Waals surface area (Å²) < 4.78 is -0.819. The van der Waals surface area contributed by atoms with Crippen LogP contribution in [-0.4, -0.2) is 10.1 Å². The molecule has 0 saturated heterocycles. The molecule has 0 aliphatic heterocycles. The van der Waals surface area contributed by atoms with E-state index in [1.807, 2.05) is 0 Å². The zero-order valence-corrected chi connectivity index (χ0v) is 15.7. The Bertz CT molecular complexity index is 139. The Hall–Kier alpha value is 2.36. The molecule has 0 atom stereocenters. The van der Waals surface area contributed by atoms with Crippen molar-refractivity contribution in [3.63, 3.8) is 0 Å². The van der Waals surface area contributed by atoms with Gasteiger partial charge in [0.2, 0.25) is 0 Å². The van der Waals surface area contributed by atoms with Gasteiger partial charge in [0.1, 0.15) is 0 Å². The van der Waals surface area contributed by atoms with Crippen LogP contribution in [0.4, 0.5) is 0 Å². The Morgan fingerprint density at radius 2 is 2.00 bits per heavy atom. The Balaban J connectivity index is 3.43. The third kappa shape index (κ3) is 10.3. The van der Waals surface area contributed by atoms with Gasteiger partial charge in [-0.15, -0.1) is 0 Å². The smallest absolute Gasteiger partial charge is 0.0951 e. The second-order valence-electron chi connectivity index (χ2n) is 2.60. The van der Waals surface area contributed by atoms with Crippen molar-refractivity contribution in [2.24, 2.45) is 0 Å². The second kappa shape index (κ2) is 6.76. The Labute approximate surface area is 111 Å². The molecule has 11 heavy (non-hydrogen) atoms. The predicted molar refractivity (Wildman–Crippen MR) is 85.4 cm³/mol. The van der Waals surface area contributed by atoms with E-state index in [2.05, 4.69) is 85.3 Å². The zero-order chi connectivity index (χ0) is 8.91. The van der Waals surface area contributed by atoms with E-state index in [1.165, 1.54) is 12.1 Å². The van der Waals surface area contributed by atoms with Gasteiger partial charge in [-0.1, -0.05) is 82.7 Å². The standard InChI is InChI=1S/C6H13I3Si2/c1-3-6(2)10-4-5-11(7,8)9/h3H,4-5,10H2,1-2H3. The van der Waals surface area contributed by atoms with Crippen LogP contribution in [-0.2, 0) is 0 Å². The van der Waals surface area contributed by atoms with Crippen LogP contribution < -0.4 is 0 Å². The van der Waals surface area contributed by atoms with Gasteiger partial charge in [0, 0.05) is 9.52 Å². The van der Waals surface area contributed by atoms with Crippen LogP contribution in [0.5, 0.6) is 0 Å². The molecule has 0 aromatic rings. The lowest BCUT2D eigenvalue weighted by Gasteiger charge is -2.07. The molecule has 0 bridgehead atoms. The molecule has 0 spiro atoms. The first kappa shape index (κ1) is 13.4. The van der Waals surface area contributed by atoms with E-state index in [0.717, 1.165) is 0 Å². The molecule has 0 aromatic carbocycles. The van der Waals surface area contributed by atoms with Crippen molar-refractivity contribution in [2.45, 2.75) is 25.9 Å². The molecule has 0 unspecified atom stereocenters. The van der Waals surface area contributed by atoms with E-state index in [1.54, 1.807) is 5.20 Å². The van der Waals surface area contributed by atoms with Gasteiger partial charge in [-0.3, -0.25) is 0 Å². The summed E-state index contributed by atoms with van der Waals surface area (Å²) in [6, 6.07) is 3.00. The van der Waals surface area contributed by atoms with E-state index in [4.69, 9.17) is 0 Å². The van der Waals surface area contributed by atoms with Crippen LogP contribution in [0.25, 0.3) is 0 Å². The molecule has 0 amide bonds. The van der Waals surface area contributed by atoms with Gasteiger partial charge in [-0.2, -0.15) is 0 Å². The van der Waals surface area contributed by atoms with E-state index < -0.39 is 0.564 Å². The Kier molecular flexibility index (Phi) is 8.22. The highest BCUT2D eigenvalue weighted by Gasteiger charge is 2.20. The van der Waals surface area contributed by atoms with Crippen molar-refractivity contribution < 1.29 is 0 Å². The SMILES string of the molecule is CC=C(C)[SiH2]CC[Si](I)(I)I. The minimum atomic E-state index is -0.819. The number of hydrogen-bond acceptors (Lipinski definition) is 0. The molecule has 0 rings (SSSR count). The Morgan fingerprint density at radius 3 is 2.36 bits per heavy atom. The molecule has 5 heteroatoms. The predicted octanol–water partition coefficient (Wildman–Crippen LogP) is 3.74. The first-order chi connectivity index (χ1) is 4.95. The largest absolute Gasteiger partial charge is 0.253 e. The maximum absolute atomic E-state index is 2.65. The minimum absolute atomic E-state index is 0.137. The third-order valence-electron chi connectivity index (χ3n) is 1.52. The monoisotopic (exact) mass is 522 g/mol. The molecule has 0 heterocycles. The molecular formula is C6H13I3Si2. The summed E-state index contributed by atoms with van der Waals surface area (Å²) in [4.78, 5) is 0. The quantitative estimate of drug-likeness (QED) is 0.300. The number of halogens is 3. The lowest BCUT2D eigenvalue weighted by molar-refractivity contribution is 1.41. The summed E-state index contributed by atoms with van der Waals surface area (Å²) in [5.41, 5.74) is 0. The van der Waals surface area contributed by atoms with E-state index >= 15 is 0 Å². The fraction of sp³-hybridized carbons (Fsp3) is 0.667. The average molecular weight is 522 g/mol. The molecular weight excluding hydrogens is 509 g/mol. The first-order valence-corrected chi connectivity index (χ1v) is 16.9. The van der Waals surface area contributed by atoms with Crippen LogP contribution in [0.2, 0.25) is 12.1 Å². The minimum Gasteiger partial charge on any atom is -0.0951 e. The third-order valence-corrected chi connectivity index (χ3v) is 9.91. The summed E-state index contributed by atoms with van der Waals surface area (Å²) in [5.74, 6) is 0. The van der Waals surface area contributed by atoms with Gasteiger partial charge in [0.05, 0.1) is 0 Å². The molecule has 0 radical (unpaired) electrons. The van der Waals surface area contributed by atoms with Crippen LogP contribution in [0.15, 0.2) is 11.3 Å². The summed E-state index contributed by atoms with van der Waals surface area (Å²) in [6.45, 7) is 4.44. The van der Waals surface area contributed by atoms with E-state index in [9.17, 15) is 0 Å². The lowest BCUT2D eigenvalue weighted by atomic mass is 10.6. The van der Waals surface area contributed by atoms with Gasteiger partial charge in [-0.05, 0) is 19.9 Å². The highest BCUT2D eigenvalue weighted by Crippen LogP contribution is 2.34. The molecule has 66 valence electrons. The van der Waals surface area contributed by atoms with Crippen LogP contribution in [0, 0.1) is 0 Å². The van der Waals surface area contributed by atoms with Gasteiger partial charge in [0.15, 0.2) is 0 Å². The van der Waals surface area contributed by atoms with Gasteiger partial charge >= 0.3 is 0 Å². The van der Waals surface area contributed by atoms with Crippen LogP contribution in [0.1, 0.15) is 13.8 Å². The molecule has 0 nitrogen and oxygen atoms in total. The lowest BCUT2D eigenvalue weighted by Crippen LogP contribution is -2.06. The summed E-state index contributed by atoms with van der Waals surface area (Å²) in [6.07, 6.45) is 2.28. The maximum Gasteiger partial charge on any atom is 0.253 e. The summed E-state index contributed by atoms with van der Waals surface area (Å²) >= 11 is 7.95. The number of rotatable bonds is 4. The molecule has 0 saturated carbocycles. The summed E-state index contributed by atoms with van der Waals surface area (Å²) in [7, 11) is 0.137. The number of allylic oxidation sites excluding steroid dienone is 2. The summed E-state index contributed by atoms with van der Waals surface area (Å²) in [5, 5.41) is 1.67. The first-order valence-electron chi connectivity index (χ1n) is 3.64. The van der Waals surface area contributed by atoms with Gasteiger partial charge in [0.25, 0.3) is 0.564 Å². The topological polar surface area (TPSA) is 0 Å². The van der Waals surface area contributed by atoms with E-state index in [-0.39, 0.29) is 9.52 Å². The molecule has 0 aliphatic carbocycles. The van der Waals surface area contributed by atoms with Crippen molar-refractivity contribution in [1.82, 2.24) is 0 Å². The zero-order valence-electron chi connectivity index (χ0n) is 6.83. The van der Waals surface area contributed by atoms with Gasteiger partial charge in [-0.25, -0.2) is 0 Å². The van der Waals surface area contributed by atoms with Crippen molar-refractivity contribution >= 4 is 75.5 Å². The van der Waals surface area contributed by atoms with Crippen molar-refractivity contribution in [1.29, 1.82) is 0 Å². The van der Waals surface area contributed by atoms with Crippen molar-refractivity contribution in [2.75, 3.05) is 0 Å². The second-order valence-corrected chi connectivity index (χ2v) is 41.8. The highest BCUT2D eigenvalue weighted by atomic mass is 127. The van der Waals surface area contributed by atoms with Crippen molar-refractivity contribution in [3.8, 4) is 0 Å². The molecule has 0 N–H and O–H groups in total. The fourth-order valence-electron chi connectivity index (χ4n) is 0.712. The van der Waals surface area contributed by atoms with Crippen LogP contribution >= 0.6 is 65.4 Å². The average Bonchev–Trinajstić information content (AvgIpc) is 1.85. The maximum atomic E-state index is 2.65. The molecule has 0 fully saturated rings. The van der Waals surface area contributed by atoms with Crippen molar-refractivity contribution in [3.05, 3.63) is 11.3 Å². The fourth-order valence-corrected chi connectivity index (χ4v) is 14.2. The highest BCUT2D eigenvalue weighted by molar-refractivity contribution is 14.4. The van der Waals surface area contributed by atoms with E-state index in [0.29, 0.717) is 0 Å². The van der Waals surface area contributed by atoms with Gasteiger partial charge < -0.3 is 0 Å².